The lowest BCUT2D eigenvalue weighted by Gasteiger charge is -2.35. The maximum Gasteiger partial charge on any atom is 0.125 e. The van der Waals surface area contributed by atoms with E-state index in [1.807, 2.05) is 0 Å². The highest BCUT2D eigenvalue weighted by molar-refractivity contribution is 6.30. The third-order valence-corrected chi connectivity index (χ3v) is 3.58. The van der Waals surface area contributed by atoms with E-state index in [-0.39, 0.29) is 11.9 Å². The van der Waals surface area contributed by atoms with E-state index in [2.05, 4.69) is 22.4 Å². The van der Waals surface area contributed by atoms with Crippen molar-refractivity contribution in [2.75, 3.05) is 39.8 Å². The number of nitrogens with one attached hydrogen (secondary N) is 1. The molecule has 3 N–H and O–H groups in total. The molecule has 1 aliphatic heterocycles. The predicted molar refractivity (Wildman–Crippen MR) is 75.4 cm³/mol. The number of hydrazine groups is 1. The van der Waals surface area contributed by atoms with Gasteiger partial charge >= 0.3 is 0 Å². The number of halogens is 2. The van der Waals surface area contributed by atoms with Crippen molar-refractivity contribution >= 4 is 11.6 Å². The van der Waals surface area contributed by atoms with E-state index in [4.69, 9.17) is 17.3 Å². The smallest absolute Gasteiger partial charge is 0.125 e. The van der Waals surface area contributed by atoms with E-state index in [1.54, 1.807) is 6.07 Å². The third-order valence-electron chi connectivity index (χ3n) is 3.36. The molecule has 0 spiro atoms. The van der Waals surface area contributed by atoms with Crippen LogP contribution in [0.5, 0.6) is 0 Å². The molecule has 0 bridgehead atoms. The van der Waals surface area contributed by atoms with Crippen LogP contribution in [0.3, 0.4) is 0 Å². The monoisotopic (exact) mass is 286 g/mol. The van der Waals surface area contributed by atoms with Crippen molar-refractivity contribution in [2.24, 2.45) is 5.73 Å². The quantitative estimate of drug-likeness (QED) is 0.874. The SMILES string of the molecule is CN1CCN(NC(CN)c2cc(F)cc(Cl)c2)CC1. The van der Waals surface area contributed by atoms with Gasteiger partial charge in [0, 0.05) is 37.7 Å². The molecule has 1 aliphatic rings. The van der Waals surface area contributed by atoms with Crippen molar-refractivity contribution in [3.63, 3.8) is 0 Å². The van der Waals surface area contributed by atoms with Gasteiger partial charge in [0.1, 0.15) is 5.82 Å². The number of benzene rings is 1. The summed E-state index contributed by atoms with van der Waals surface area (Å²) < 4.78 is 13.4. The second-order valence-corrected chi connectivity index (χ2v) is 5.35. The van der Waals surface area contributed by atoms with Gasteiger partial charge in [-0.15, -0.1) is 0 Å². The lowest BCUT2D eigenvalue weighted by atomic mass is 10.1. The van der Waals surface area contributed by atoms with Gasteiger partial charge < -0.3 is 10.6 Å². The fraction of sp³-hybridized carbons (Fsp3) is 0.538. The fourth-order valence-electron chi connectivity index (χ4n) is 2.20. The third kappa shape index (κ3) is 4.12. The Morgan fingerprint density at radius 2 is 2.00 bits per heavy atom. The topological polar surface area (TPSA) is 44.5 Å². The first-order chi connectivity index (χ1) is 9.08. The summed E-state index contributed by atoms with van der Waals surface area (Å²) in [5.74, 6) is -0.332. The second-order valence-electron chi connectivity index (χ2n) is 4.91. The molecular formula is C13H20ClFN4. The minimum Gasteiger partial charge on any atom is -0.329 e. The minimum absolute atomic E-state index is 0.114. The molecule has 1 fully saturated rings. The number of piperazine rings is 1. The van der Waals surface area contributed by atoms with Gasteiger partial charge in [-0.05, 0) is 30.8 Å². The number of hydrogen-bond donors (Lipinski definition) is 2. The standard InChI is InChI=1S/C13H20ClFN4/c1-18-2-4-19(5-3-18)17-13(9-16)10-6-11(14)8-12(15)7-10/h6-8,13,17H,2-5,9,16H2,1H3. The summed E-state index contributed by atoms with van der Waals surface area (Å²) >= 11 is 5.88. The van der Waals surface area contributed by atoms with Gasteiger partial charge in [-0.25, -0.2) is 14.8 Å². The second kappa shape index (κ2) is 6.63. The van der Waals surface area contributed by atoms with Crippen LogP contribution in [0.2, 0.25) is 5.02 Å². The van der Waals surface area contributed by atoms with Gasteiger partial charge in [-0.2, -0.15) is 0 Å². The van der Waals surface area contributed by atoms with Crippen LogP contribution in [-0.2, 0) is 0 Å². The Morgan fingerprint density at radius 3 is 2.58 bits per heavy atom. The number of hydrogen-bond acceptors (Lipinski definition) is 4. The zero-order valence-corrected chi connectivity index (χ0v) is 11.8. The van der Waals surface area contributed by atoms with Crippen molar-refractivity contribution in [1.29, 1.82) is 0 Å². The Hall–Kier alpha value is -0.720. The lowest BCUT2D eigenvalue weighted by Crippen LogP contribution is -2.52. The molecule has 106 valence electrons. The average molecular weight is 287 g/mol. The molecule has 19 heavy (non-hydrogen) atoms. The van der Waals surface area contributed by atoms with Gasteiger partial charge in [-0.1, -0.05) is 11.6 Å². The molecule has 0 aromatic heterocycles. The van der Waals surface area contributed by atoms with Crippen LogP contribution in [0.4, 0.5) is 4.39 Å². The Kier molecular flexibility index (Phi) is 5.13. The summed E-state index contributed by atoms with van der Waals surface area (Å²) in [5, 5.41) is 2.53. The van der Waals surface area contributed by atoms with Gasteiger partial charge in [0.05, 0.1) is 6.04 Å². The maximum absolute atomic E-state index is 13.4. The Balaban J connectivity index is 2.03. The predicted octanol–water partition coefficient (Wildman–Crippen LogP) is 1.23. The average Bonchev–Trinajstić information content (AvgIpc) is 2.37. The lowest BCUT2D eigenvalue weighted by molar-refractivity contribution is 0.0879. The fourth-order valence-corrected chi connectivity index (χ4v) is 2.43. The van der Waals surface area contributed by atoms with Crippen LogP contribution in [0.15, 0.2) is 18.2 Å². The normalized spacial score (nSPS) is 19.6. The first-order valence-electron chi connectivity index (χ1n) is 6.44. The van der Waals surface area contributed by atoms with E-state index in [0.29, 0.717) is 11.6 Å². The molecule has 1 unspecified atom stereocenters. The molecule has 1 heterocycles. The molecule has 1 aromatic rings. The summed E-state index contributed by atoms with van der Waals surface area (Å²) in [6.07, 6.45) is 0. The summed E-state index contributed by atoms with van der Waals surface area (Å²) in [6, 6.07) is 4.42. The zero-order valence-electron chi connectivity index (χ0n) is 11.1. The Bertz CT molecular complexity index is 401. The largest absolute Gasteiger partial charge is 0.329 e. The van der Waals surface area contributed by atoms with E-state index in [9.17, 15) is 4.39 Å². The van der Waals surface area contributed by atoms with Crippen molar-refractivity contribution in [1.82, 2.24) is 15.3 Å². The molecule has 6 heteroatoms. The summed E-state index contributed by atoms with van der Waals surface area (Å²) in [5.41, 5.74) is 9.92. The van der Waals surface area contributed by atoms with E-state index in [0.717, 1.165) is 31.7 Å². The van der Waals surface area contributed by atoms with Crippen LogP contribution in [0.1, 0.15) is 11.6 Å². The van der Waals surface area contributed by atoms with Crippen LogP contribution >= 0.6 is 11.6 Å². The van der Waals surface area contributed by atoms with Gasteiger partial charge in [-0.3, -0.25) is 0 Å². The summed E-state index contributed by atoms with van der Waals surface area (Å²) in [6.45, 7) is 4.26. The van der Waals surface area contributed by atoms with Crippen LogP contribution in [0.25, 0.3) is 0 Å². The highest BCUT2D eigenvalue weighted by Gasteiger charge is 2.18. The molecule has 1 aromatic carbocycles. The minimum atomic E-state index is -0.332. The molecule has 1 saturated heterocycles. The Labute approximate surface area is 118 Å². The Morgan fingerprint density at radius 1 is 1.32 bits per heavy atom. The van der Waals surface area contributed by atoms with E-state index >= 15 is 0 Å². The molecule has 0 saturated carbocycles. The first-order valence-corrected chi connectivity index (χ1v) is 6.82. The molecule has 2 rings (SSSR count). The van der Waals surface area contributed by atoms with Crippen molar-refractivity contribution in [3.05, 3.63) is 34.6 Å². The highest BCUT2D eigenvalue weighted by atomic mass is 35.5. The molecule has 1 atom stereocenters. The number of likely N-dealkylation sites (N-methyl/N-ethyl adjacent to an activating group) is 1. The van der Waals surface area contributed by atoms with Crippen LogP contribution in [-0.4, -0.2) is 49.7 Å². The number of nitrogens with zero attached hydrogens (tertiary/aromatic N) is 2. The molecule has 0 radical (unpaired) electrons. The van der Waals surface area contributed by atoms with Gasteiger partial charge in [0.2, 0.25) is 0 Å². The molecular weight excluding hydrogens is 267 g/mol. The van der Waals surface area contributed by atoms with Crippen molar-refractivity contribution < 1.29 is 4.39 Å². The molecule has 0 amide bonds. The van der Waals surface area contributed by atoms with Crippen molar-refractivity contribution in [3.8, 4) is 0 Å². The maximum atomic E-state index is 13.4. The first kappa shape index (κ1) is 14.7. The summed E-state index contributed by atoms with van der Waals surface area (Å²) in [7, 11) is 2.10. The molecule has 0 aliphatic carbocycles. The van der Waals surface area contributed by atoms with Crippen molar-refractivity contribution in [2.45, 2.75) is 6.04 Å². The van der Waals surface area contributed by atoms with E-state index in [1.165, 1.54) is 12.1 Å². The van der Waals surface area contributed by atoms with E-state index < -0.39 is 0 Å². The van der Waals surface area contributed by atoms with Gasteiger partial charge in [0.15, 0.2) is 0 Å². The highest BCUT2D eigenvalue weighted by Crippen LogP contribution is 2.20. The van der Waals surface area contributed by atoms with Crippen LogP contribution in [0, 0.1) is 5.82 Å². The number of rotatable bonds is 4. The van der Waals surface area contributed by atoms with Crippen LogP contribution < -0.4 is 11.2 Å². The zero-order chi connectivity index (χ0) is 13.8. The molecule has 4 nitrogen and oxygen atoms in total. The number of nitrogens with two attached hydrogens (primary N) is 1. The van der Waals surface area contributed by atoms with Gasteiger partial charge in [0.25, 0.3) is 0 Å². The summed E-state index contributed by atoms with van der Waals surface area (Å²) in [4.78, 5) is 2.27.